The largest absolute Gasteiger partial charge is 0.505 e. The molecule has 0 saturated heterocycles. The number of phenols is 1. The van der Waals surface area contributed by atoms with Crippen molar-refractivity contribution in [2.24, 2.45) is 5.10 Å². The van der Waals surface area contributed by atoms with Crippen molar-refractivity contribution in [2.45, 2.75) is 6.92 Å². The molecule has 7 heteroatoms. The summed E-state index contributed by atoms with van der Waals surface area (Å²) in [7, 11) is 0. The van der Waals surface area contributed by atoms with Crippen LogP contribution in [0.25, 0.3) is 0 Å². The predicted molar refractivity (Wildman–Crippen MR) is 75.1 cm³/mol. The molecular formula is C10H11Cl2N3OS. The Labute approximate surface area is 115 Å². The van der Waals surface area contributed by atoms with Crippen molar-refractivity contribution in [1.82, 2.24) is 10.7 Å². The molecule has 0 radical (unpaired) electrons. The lowest BCUT2D eigenvalue weighted by Gasteiger charge is -2.03. The summed E-state index contributed by atoms with van der Waals surface area (Å²) in [5.41, 5.74) is 3.28. The Kier molecular flexibility index (Phi) is 5.47. The minimum atomic E-state index is -0.137. The van der Waals surface area contributed by atoms with E-state index in [2.05, 4.69) is 15.8 Å². The molecule has 4 nitrogen and oxygen atoms in total. The van der Waals surface area contributed by atoms with Gasteiger partial charge in [0.1, 0.15) is 0 Å². The second-order valence-corrected chi connectivity index (χ2v) is 4.29. The molecule has 17 heavy (non-hydrogen) atoms. The SMILES string of the molecule is CCNC(=S)N/N=C\c1cc(Cl)c(O)c(Cl)c1. The maximum atomic E-state index is 9.36. The van der Waals surface area contributed by atoms with Gasteiger partial charge < -0.3 is 10.4 Å². The van der Waals surface area contributed by atoms with Crippen molar-refractivity contribution in [3.05, 3.63) is 27.7 Å². The van der Waals surface area contributed by atoms with Crippen LogP contribution in [-0.2, 0) is 0 Å². The van der Waals surface area contributed by atoms with E-state index < -0.39 is 0 Å². The minimum Gasteiger partial charge on any atom is -0.505 e. The molecular weight excluding hydrogens is 281 g/mol. The van der Waals surface area contributed by atoms with Crippen molar-refractivity contribution in [2.75, 3.05) is 6.54 Å². The second-order valence-electron chi connectivity index (χ2n) is 3.06. The molecule has 1 aromatic carbocycles. The highest BCUT2D eigenvalue weighted by molar-refractivity contribution is 7.80. The lowest BCUT2D eigenvalue weighted by Crippen LogP contribution is -2.31. The van der Waals surface area contributed by atoms with Crippen LogP contribution in [0.15, 0.2) is 17.2 Å². The van der Waals surface area contributed by atoms with Gasteiger partial charge in [0.05, 0.1) is 16.3 Å². The molecule has 0 unspecified atom stereocenters. The van der Waals surface area contributed by atoms with E-state index in [1.807, 2.05) is 6.92 Å². The summed E-state index contributed by atoms with van der Waals surface area (Å²) in [6, 6.07) is 3.09. The summed E-state index contributed by atoms with van der Waals surface area (Å²) in [5, 5.41) is 16.9. The average molecular weight is 292 g/mol. The number of thiocarbonyl (C=S) groups is 1. The number of hydrogen-bond donors (Lipinski definition) is 3. The van der Waals surface area contributed by atoms with Gasteiger partial charge in [0.15, 0.2) is 10.9 Å². The Morgan fingerprint density at radius 2 is 2.06 bits per heavy atom. The first kappa shape index (κ1) is 14.0. The summed E-state index contributed by atoms with van der Waals surface area (Å²) in [4.78, 5) is 0. The second kappa shape index (κ2) is 6.64. The number of hydrogen-bond acceptors (Lipinski definition) is 3. The quantitative estimate of drug-likeness (QED) is 0.455. The third kappa shape index (κ3) is 4.38. The van der Waals surface area contributed by atoms with E-state index in [1.54, 1.807) is 12.1 Å². The van der Waals surface area contributed by atoms with Crippen molar-refractivity contribution in [3.63, 3.8) is 0 Å². The first-order valence-corrected chi connectivity index (χ1v) is 5.96. The van der Waals surface area contributed by atoms with Gasteiger partial charge in [-0.3, -0.25) is 5.43 Å². The highest BCUT2D eigenvalue weighted by Crippen LogP contribution is 2.32. The van der Waals surface area contributed by atoms with Crippen molar-refractivity contribution >= 4 is 46.7 Å². The molecule has 0 saturated carbocycles. The number of nitrogens with one attached hydrogen (secondary N) is 2. The molecule has 0 aliphatic carbocycles. The topological polar surface area (TPSA) is 56.7 Å². The zero-order chi connectivity index (χ0) is 12.8. The van der Waals surface area contributed by atoms with Crippen molar-refractivity contribution in [1.29, 1.82) is 0 Å². The number of nitrogens with zero attached hydrogens (tertiary/aromatic N) is 1. The fraction of sp³-hybridized carbons (Fsp3) is 0.200. The van der Waals surface area contributed by atoms with Gasteiger partial charge in [-0.25, -0.2) is 0 Å². The van der Waals surface area contributed by atoms with Gasteiger partial charge in [-0.1, -0.05) is 23.2 Å². The van der Waals surface area contributed by atoms with Crippen molar-refractivity contribution < 1.29 is 5.11 Å². The van der Waals surface area contributed by atoms with E-state index >= 15 is 0 Å². The molecule has 3 N–H and O–H groups in total. The summed E-state index contributed by atoms with van der Waals surface area (Å²) < 4.78 is 0. The third-order valence-corrected chi connectivity index (χ3v) is 2.57. The molecule has 0 heterocycles. The number of rotatable bonds is 3. The maximum Gasteiger partial charge on any atom is 0.186 e. The van der Waals surface area contributed by atoms with Crippen LogP contribution in [0.1, 0.15) is 12.5 Å². The summed E-state index contributed by atoms with van der Waals surface area (Å²) in [6.07, 6.45) is 1.50. The molecule has 92 valence electrons. The normalized spacial score (nSPS) is 10.5. The van der Waals surface area contributed by atoms with Crippen LogP contribution >= 0.6 is 35.4 Å². The lowest BCUT2D eigenvalue weighted by atomic mass is 10.2. The summed E-state index contributed by atoms with van der Waals surface area (Å²) in [5.74, 6) is -0.137. The van der Waals surface area contributed by atoms with Crippen LogP contribution in [0.4, 0.5) is 0 Å². The van der Waals surface area contributed by atoms with Gasteiger partial charge in [0.25, 0.3) is 0 Å². The smallest absolute Gasteiger partial charge is 0.186 e. The van der Waals surface area contributed by atoms with E-state index in [1.165, 1.54) is 6.21 Å². The Bertz CT molecular complexity index is 428. The van der Waals surface area contributed by atoms with Gasteiger partial charge in [-0.2, -0.15) is 5.10 Å². The predicted octanol–water partition coefficient (Wildman–Crippen LogP) is 2.52. The van der Waals surface area contributed by atoms with Crippen LogP contribution < -0.4 is 10.7 Å². The van der Waals surface area contributed by atoms with Crippen LogP contribution in [0, 0.1) is 0 Å². The molecule has 1 aromatic rings. The maximum absolute atomic E-state index is 9.36. The number of aromatic hydroxyl groups is 1. The summed E-state index contributed by atoms with van der Waals surface area (Å²) >= 11 is 16.4. The zero-order valence-corrected chi connectivity index (χ0v) is 11.3. The van der Waals surface area contributed by atoms with Gasteiger partial charge in [-0.15, -0.1) is 0 Å². The Balaban J connectivity index is 2.69. The van der Waals surface area contributed by atoms with Crippen LogP contribution in [0.5, 0.6) is 5.75 Å². The highest BCUT2D eigenvalue weighted by Gasteiger charge is 2.05. The molecule has 0 aliphatic rings. The Morgan fingerprint density at radius 1 is 1.47 bits per heavy atom. The first-order valence-electron chi connectivity index (χ1n) is 4.79. The van der Waals surface area contributed by atoms with Crippen LogP contribution in [0.3, 0.4) is 0 Å². The van der Waals surface area contributed by atoms with Crippen LogP contribution in [-0.4, -0.2) is 23.0 Å². The van der Waals surface area contributed by atoms with Gasteiger partial charge in [0, 0.05) is 6.54 Å². The lowest BCUT2D eigenvalue weighted by molar-refractivity contribution is 0.476. The molecule has 0 amide bonds. The standard InChI is InChI=1S/C10H11Cl2N3OS/c1-2-13-10(17)15-14-5-6-3-7(11)9(16)8(12)4-6/h3-5,16H,2H2,1H3,(H2,13,15,17)/b14-5-. The van der Waals surface area contributed by atoms with Gasteiger partial charge in [-0.05, 0) is 36.8 Å². The van der Waals surface area contributed by atoms with Crippen LogP contribution in [0.2, 0.25) is 10.0 Å². The molecule has 0 spiro atoms. The number of benzene rings is 1. The van der Waals surface area contributed by atoms with E-state index in [9.17, 15) is 5.11 Å². The van der Waals surface area contributed by atoms with Gasteiger partial charge >= 0.3 is 0 Å². The van der Waals surface area contributed by atoms with Gasteiger partial charge in [0.2, 0.25) is 0 Å². The number of hydrazone groups is 1. The molecule has 0 aromatic heterocycles. The first-order chi connectivity index (χ1) is 8.04. The molecule has 1 rings (SSSR count). The Hall–Kier alpha value is -1.04. The zero-order valence-electron chi connectivity index (χ0n) is 9.00. The minimum absolute atomic E-state index is 0.137. The molecule has 0 bridgehead atoms. The Morgan fingerprint density at radius 3 is 2.59 bits per heavy atom. The van der Waals surface area contributed by atoms with Crippen molar-refractivity contribution in [3.8, 4) is 5.75 Å². The number of halogens is 2. The van der Waals surface area contributed by atoms with E-state index in [4.69, 9.17) is 35.4 Å². The summed E-state index contributed by atoms with van der Waals surface area (Å²) in [6.45, 7) is 2.65. The molecule has 0 atom stereocenters. The highest BCUT2D eigenvalue weighted by atomic mass is 35.5. The molecule has 0 fully saturated rings. The third-order valence-electron chi connectivity index (χ3n) is 1.76. The molecule has 0 aliphatic heterocycles. The number of phenolic OH excluding ortho intramolecular Hbond substituents is 1. The fourth-order valence-corrected chi connectivity index (χ4v) is 1.73. The van der Waals surface area contributed by atoms with E-state index in [0.29, 0.717) is 10.7 Å². The van der Waals surface area contributed by atoms with E-state index in [-0.39, 0.29) is 15.8 Å². The fourth-order valence-electron chi connectivity index (χ4n) is 1.03. The monoisotopic (exact) mass is 291 g/mol. The average Bonchev–Trinajstić information content (AvgIpc) is 2.26. The van der Waals surface area contributed by atoms with E-state index in [0.717, 1.165) is 6.54 Å².